The Hall–Kier alpha value is -0.180. The van der Waals surface area contributed by atoms with Crippen molar-refractivity contribution in [3.8, 4) is 0 Å². The molecular formula is C6H14O2S. The zero-order valence-corrected chi connectivity index (χ0v) is 6.94. The minimum absolute atomic E-state index is 0. The van der Waals surface area contributed by atoms with Gasteiger partial charge in [-0.25, -0.2) is 0 Å². The van der Waals surface area contributed by atoms with Crippen molar-refractivity contribution in [2.75, 3.05) is 6.61 Å². The Bertz CT molecular complexity index is 73.5. The summed E-state index contributed by atoms with van der Waals surface area (Å²) in [6.45, 7) is 4.06. The van der Waals surface area contributed by atoms with Crippen LogP contribution in [0.4, 0.5) is 0 Å². The van der Waals surface area contributed by atoms with Crippen molar-refractivity contribution < 1.29 is 9.53 Å². The molecule has 0 heterocycles. The van der Waals surface area contributed by atoms with E-state index in [2.05, 4.69) is 11.7 Å². The van der Waals surface area contributed by atoms with Gasteiger partial charge in [0.1, 0.15) is 0 Å². The van der Waals surface area contributed by atoms with Crippen molar-refractivity contribution >= 4 is 19.5 Å². The molecule has 0 bridgehead atoms. The number of carbonyl (C=O) groups is 1. The SMILES string of the molecule is CCCCOC(C)=O.S. The molecule has 0 aliphatic carbocycles. The third kappa shape index (κ3) is 11.4. The zero-order chi connectivity index (χ0) is 6.41. The van der Waals surface area contributed by atoms with Crippen LogP contribution >= 0.6 is 13.5 Å². The molecule has 0 aromatic rings. The number of rotatable bonds is 3. The predicted octanol–water partition coefficient (Wildman–Crippen LogP) is 1.46. The summed E-state index contributed by atoms with van der Waals surface area (Å²) < 4.78 is 4.64. The van der Waals surface area contributed by atoms with Crippen LogP contribution in [0.3, 0.4) is 0 Å². The van der Waals surface area contributed by atoms with Crippen LogP contribution < -0.4 is 0 Å². The number of unbranched alkanes of at least 4 members (excludes halogenated alkanes) is 1. The maximum atomic E-state index is 10.1. The first-order valence-corrected chi connectivity index (χ1v) is 2.90. The summed E-state index contributed by atoms with van der Waals surface area (Å²) in [4.78, 5) is 10.1. The van der Waals surface area contributed by atoms with E-state index in [0.29, 0.717) is 6.61 Å². The number of hydrogen-bond donors (Lipinski definition) is 0. The lowest BCUT2D eigenvalue weighted by Crippen LogP contribution is -1.99. The molecule has 0 amide bonds. The predicted molar refractivity (Wildman–Crippen MR) is 41.9 cm³/mol. The van der Waals surface area contributed by atoms with Gasteiger partial charge in [0.2, 0.25) is 0 Å². The molecule has 0 aromatic heterocycles. The van der Waals surface area contributed by atoms with Gasteiger partial charge in [0.05, 0.1) is 6.61 Å². The van der Waals surface area contributed by atoms with Gasteiger partial charge in [0, 0.05) is 6.92 Å². The summed E-state index contributed by atoms with van der Waals surface area (Å²) in [5.41, 5.74) is 0. The van der Waals surface area contributed by atoms with E-state index in [0.717, 1.165) is 12.8 Å². The van der Waals surface area contributed by atoms with Crippen molar-refractivity contribution in [2.24, 2.45) is 0 Å². The molecule has 0 aliphatic rings. The maximum Gasteiger partial charge on any atom is 0.302 e. The average molecular weight is 150 g/mol. The van der Waals surface area contributed by atoms with Crippen molar-refractivity contribution in [1.29, 1.82) is 0 Å². The molecule has 0 N–H and O–H groups in total. The van der Waals surface area contributed by atoms with Crippen molar-refractivity contribution in [3.63, 3.8) is 0 Å². The molecule has 0 atom stereocenters. The van der Waals surface area contributed by atoms with Crippen LogP contribution in [0.25, 0.3) is 0 Å². The van der Waals surface area contributed by atoms with Crippen LogP contribution in [0, 0.1) is 0 Å². The fourth-order valence-electron chi connectivity index (χ4n) is 0.360. The minimum Gasteiger partial charge on any atom is -0.466 e. The third-order valence-electron chi connectivity index (χ3n) is 0.803. The smallest absolute Gasteiger partial charge is 0.302 e. The number of ether oxygens (including phenoxy) is 1. The largest absolute Gasteiger partial charge is 0.466 e. The Kier molecular flexibility index (Phi) is 10.1. The summed E-state index contributed by atoms with van der Waals surface area (Å²) in [5, 5.41) is 0. The second-order valence-corrected chi connectivity index (χ2v) is 1.69. The number of esters is 1. The lowest BCUT2D eigenvalue weighted by atomic mass is 10.4. The van der Waals surface area contributed by atoms with Crippen molar-refractivity contribution in [3.05, 3.63) is 0 Å². The highest BCUT2D eigenvalue weighted by Crippen LogP contribution is 1.86. The average Bonchev–Trinajstić information content (AvgIpc) is 1.66. The van der Waals surface area contributed by atoms with Crippen LogP contribution in [-0.2, 0) is 9.53 Å². The Morgan fingerprint density at radius 1 is 1.56 bits per heavy atom. The van der Waals surface area contributed by atoms with E-state index in [4.69, 9.17) is 0 Å². The van der Waals surface area contributed by atoms with E-state index in [-0.39, 0.29) is 19.5 Å². The van der Waals surface area contributed by atoms with E-state index in [9.17, 15) is 4.79 Å². The Morgan fingerprint density at radius 2 is 2.11 bits per heavy atom. The van der Waals surface area contributed by atoms with Crippen molar-refractivity contribution in [2.45, 2.75) is 26.7 Å². The molecule has 9 heavy (non-hydrogen) atoms. The van der Waals surface area contributed by atoms with Crippen LogP contribution in [0.5, 0.6) is 0 Å². The number of hydrogen-bond acceptors (Lipinski definition) is 2. The van der Waals surface area contributed by atoms with Gasteiger partial charge >= 0.3 is 5.97 Å². The van der Waals surface area contributed by atoms with Gasteiger partial charge in [-0.05, 0) is 6.42 Å². The fraction of sp³-hybridized carbons (Fsp3) is 0.833. The normalized spacial score (nSPS) is 7.78. The first kappa shape index (κ1) is 11.6. The minimum atomic E-state index is -0.182. The van der Waals surface area contributed by atoms with E-state index in [1.807, 2.05) is 0 Å². The second kappa shape index (κ2) is 7.82. The zero-order valence-electron chi connectivity index (χ0n) is 5.94. The highest BCUT2D eigenvalue weighted by atomic mass is 32.1. The monoisotopic (exact) mass is 150 g/mol. The quantitative estimate of drug-likeness (QED) is 0.450. The van der Waals surface area contributed by atoms with Crippen LogP contribution in [0.2, 0.25) is 0 Å². The molecule has 0 aliphatic heterocycles. The second-order valence-electron chi connectivity index (χ2n) is 1.69. The Labute approximate surface area is 63.0 Å². The summed E-state index contributed by atoms with van der Waals surface area (Å²) >= 11 is 0. The van der Waals surface area contributed by atoms with Gasteiger partial charge in [0.15, 0.2) is 0 Å². The molecule has 0 aromatic carbocycles. The summed E-state index contributed by atoms with van der Waals surface area (Å²) in [5.74, 6) is -0.182. The van der Waals surface area contributed by atoms with Gasteiger partial charge in [-0.3, -0.25) is 4.79 Å². The highest BCUT2D eigenvalue weighted by Gasteiger charge is 1.88. The van der Waals surface area contributed by atoms with Gasteiger partial charge in [-0.1, -0.05) is 13.3 Å². The maximum absolute atomic E-state index is 10.1. The van der Waals surface area contributed by atoms with Crippen LogP contribution in [-0.4, -0.2) is 12.6 Å². The fourth-order valence-corrected chi connectivity index (χ4v) is 0.360. The highest BCUT2D eigenvalue weighted by molar-refractivity contribution is 7.59. The molecular weight excluding hydrogens is 136 g/mol. The standard InChI is InChI=1S/C6H12O2.H2S/c1-3-4-5-8-6(2)7;/h3-5H2,1-2H3;1H2. The molecule has 56 valence electrons. The Balaban J connectivity index is 0. The topological polar surface area (TPSA) is 26.3 Å². The molecule has 0 fully saturated rings. The van der Waals surface area contributed by atoms with E-state index in [1.165, 1.54) is 6.92 Å². The van der Waals surface area contributed by atoms with Crippen LogP contribution in [0.1, 0.15) is 26.7 Å². The van der Waals surface area contributed by atoms with Gasteiger partial charge in [0.25, 0.3) is 0 Å². The van der Waals surface area contributed by atoms with E-state index >= 15 is 0 Å². The lowest BCUT2D eigenvalue weighted by Gasteiger charge is -1.96. The third-order valence-corrected chi connectivity index (χ3v) is 0.803. The lowest BCUT2D eigenvalue weighted by molar-refractivity contribution is -0.141. The molecule has 0 saturated carbocycles. The molecule has 3 heteroatoms. The molecule has 0 rings (SSSR count). The van der Waals surface area contributed by atoms with Crippen molar-refractivity contribution in [1.82, 2.24) is 0 Å². The first-order valence-electron chi connectivity index (χ1n) is 2.90. The molecule has 0 spiro atoms. The molecule has 2 nitrogen and oxygen atoms in total. The number of carbonyl (C=O) groups excluding carboxylic acids is 1. The van der Waals surface area contributed by atoms with Gasteiger partial charge < -0.3 is 4.74 Å². The molecule has 0 saturated heterocycles. The van der Waals surface area contributed by atoms with E-state index in [1.54, 1.807) is 0 Å². The summed E-state index contributed by atoms with van der Waals surface area (Å²) in [6, 6.07) is 0. The summed E-state index contributed by atoms with van der Waals surface area (Å²) in [6.07, 6.45) is 2.05. The van der Waals surface area contributed by atoms with Gasteiger partial charge in [-0.15, -0.1) is 0 Å². The first-order chi connectivity index (χ1) is 3.77. The van der Waals surface area contributed by atoms with E-state index < -0.39 is 0 Å². The Morgan fingerprint density at radius 3 is 2.44 bits per heavy atom. The summed E-state index contributed by atoms with van der Waals surface area (Å²) in [7, 11) is 0. The van der Waals surface area contributed by atoms with Gasteiger partial charge in [-0.2, -0.15) is 13.5 Å². The molecule has 0 radical (unpaired) electrons. The molecule has 0 unspecified atom stereocenters. The van der Waals surface area contributed by atoms with Crippen LogP contribution in [0.15, 0.2) is 0 Å².